The zero-order valence-electron chi connectivity index (χ0n) is 27.9. The number of carbonyl (C=O) groups excluding carboxylic acids is 1. The number of allylic oxidation sites excluding steroid dienone is 2. The maximum absolute atomic E-state index is 14.3. The average Bonchev–Trinajstić information content (AvgIpc) is 3.42. The number of ketones is 1. The number of ether oxygens (including phenoxy) is 4. The predicted octanol–water partition coefficient (Wildman–Crippen LogP) is -0.619. The first kappa shape index (κ1) is 35.7. The highest BCUT2D eigenvalue weighted by Gasteiger charge is 2.71. The summed E-state index contributed by atoms with van der Waals surface area (Å²) in [7, 11) is 0. The Bertz CT molecular complexity index is 1210. The van der Waals surface area contributed by atoms with E-state index in [-0.39, 0.29) is 29.5 Å². The predicted molar refractivity (Wildman–Crippen MR) is 163 cm³/mol. The van der Waals surface area contributed by atoms with Crippen molar-refractivity contribution < 1.29 is 64.6 Å². The molecule has 8 N–H and O–H groups in total. The van der Waals surface area contributed by atoms with Gasteiger partial charge in [0.25, 0.3) is 0 Å². The van der Waals surface area contributed by atoms with E-state index in [1.54, 1.807) is 0 Å². The van der Waals surface area contributed by atoms with Gasteiger partial charge in [0, 0.05) is 17.3 Å². The lowest BCUT2D eigenvalue weighted by Crippen LogP contribution is -2.70. The van der Waals surface area contributed by atoms with E-state index in [1.807, 2.05) is 13.8 Å². The first-order valence-corrected chi connectivity index (χ1v) is 17.1. The Morgan fingerprint density at radius 1 is 0.787 bits per heavy atom. The van der Waals surface area contributed by atoms with Gasteiger partial charge < -0.3 is 59.8 Å². The summed E-state index contributed by atoms with van der Waals surface area (Å²) >= 11 is 0. The van der Waals surface area contributed by atoms with Gasteiger partial charge in [0.1, 0.15) is 54.9 Å². The summed E-state index contributed by atoms with van der Waals surface area (Å²) in [6, 6.07) is 0. The molecule has 18 atom stereocenters. The summed E-state index contributed by atoms with van der Waals surface area (Å²) in [5, 5.41) is 84.6. The number of hydrogen-bond donors (Lipinski definition) is 8. The van der Waals surface area contributed by atoms with Crippen molar-refractivity contribution in [3.63, 3.8) is 0 Å². The van der Waals surface area contributed by atoms with Crippen molar-refractivity contribution >= 4 is 5.78 Å². The monoisotopic (exact) mass is 670 g/mol. The van der Waals surface area contributed by atoms with Crippen molar-refractivity contribution in [1.29, 1.82) is 0 Å². The van der Waals surface area contributed by atoms with Gasteiger partial charge in [-0.25, -0.2) is 0 Å². The molecule has 268 valence electrons. The summed E-state index contributed by atoms with van der Waals surface area (Å²) in [4.78, 5) is 14.3. The number of carbonyl (C=O) groups is 1. The highest BCUT2D eigenvalue weighted by atomic mass is 16.8. The minimum absolute atomic E-state index is 0.0815. The van der Waals surface area contributed by atoms with Crippen LogP contribution in [0.5, 0.6) is 0 Å². The molecule has 0 radical (unpaired) electrons. The molecule has 0 bridgehead atoms. The molecule has 6 aliphatic rings. The van der Waals surface area contributed by atoms with Crippen LogP contribution in [0.2, 0.25) is 0 Å². The Balaban J connectivity index is 1.29. The number of aliphatic hydroxyl groups excluding tert-OH is 8. The third-order valence-electron chi connectivity index (χ3n) is 13.8. The first-order valence-electron chi connectivity index (χ1n) is 17.1. The van der Waals surface area contributed by atoms with Gasteiger partial charge >= 0.3 is 0 Å². The lowest BCUT2D eigenvalue weighted by molar-refractivity contribution is -0.375. The Morgan fingerprint density at radius 3 is 2.04 bits per heavy atom. The van der Waals surface area contributed by atoms with Crippen molar-refractivity contribution in [2.75, 3.05) is 13.2 Å². The number of aliphatic hydroxyl groups is 8. The highest BCUT2D eigenvalue weighted by Crippen LogP contribution is 2.73. The summed E-state index contributed by atoms with van der Waals surface area (Å²) < 4.78 is 23.6. The van der Waals surface area contributed by atoms with Gasteiger partial charge in [-0.05, 0) is 54.3 Å². The van der Waals surface area contributed by atoms with Crippen molar-refractivity contribution in [2.24, 2.45) is 39.4 Å². The molecule has 4 aliphatic carbocycles. The fourth-order valence-electron chi connectivity index (χ4n) is 11.0. The number of hydrogen-bond acceptors (Lipinski definition) is 13. The van der Waals surface area contributed by atoms with Crippen LogP contribution in [0.25, 0.3) is 0 Å². The van der Waals surface area contributed by atoms with Crippen LogP contribution >= 0.6 is 0 Å². The van der Waals surface area contributed by atoms with Gasteiger partial charge in [-0.3, -0.25) is 4.79 Å². The Kier molecular flexibility index (Phi) is 9.36. The second-order valence-electron chi connectivity index (χ2n) is 16.4. The van der Waals surface area contributed by atoms with Crippen LogP contribution in [0.3, 0.4) is 0 Å². The van der Waals surface area contributed by atoms with Gasteiger partial charge in [-0.2, -0.15) is 0 Å². The second-order valence-corrected chi connectivity index (χ2v) is 16.4. The summed E-state index contributed by atoms with van der Waals surface area (Å²) in [6.45, 7) is 9.14. The van der Waals surface area contributed by atoms with Crippen molar-refractivity contribution in [2.45, 2.75) is 140 Å². The lowest BCUT2D eigenvalue weighted by Gasteiger charge is -2.70. The van der Waals surface area contributed by atoms with Crippen LogP contribution in [0, 0.1) is 39.4 Å². The topological polar surface area (TPSA) is 216 Å². The second kappa shape index (κ2) is 12.3. The summed E-state index contributed by atoms with van der Waals surface area (Å²) in [6.07, 6.45) is -9.80. The summed E-state index contributed by atoms with van der Waals surface area (Å²) in [5.74, 6) is 0.142. The molecule has 2 saturated heterocycles. The minimum Gasteiger partial charge on any atom is -0.394 e. The molecular weight excluding hydrogens is 616 g/mol. The molecule has 2 heterocycles. The standard InChI is InChI=1S/C34H54O13/c1-31(2)20-11-21(38)34(5)19(9-8-15-7-6-10-33(15,34)4)32(20,3)12-16(37)28(31)47-30-27(25(42)23(40)18(14-36)45-30)46-29-26(43)24(41)22(39)17(13-35)44-29/h6-7,15,17-30,35-36,38-43H,8-14H2,1-5H3/t15?,17-,18-,19?,20?,21+,22-,23-,24+,25+,26-,27-,28+,29+,30+,32-,33-,34+/m1/s1. The molecule has 0 spiro atoms. The Morgan fingerprint density at radius 2 is 1.40 bits per heavy atom. The third-order valence-corrected chi connectivity index (χ3v) is 13.8. The van der Waals surface area contributed by atoms with Crippen LogP contribution in [0.4, 0.5) is 0 Å². The molecule has 47 heavy (non-hydrogen) atoms. The van der Waals surface area contributed by atoms with Gasteiger partial charge in [0.15, 0.2) is 18.4 Å². The minimum atomic E-state index is -1.81. The van der Waals surface area contributed by atoms with E-state index in [0.717, 1.165) is 19.3 Å². The van der Waals surface area contributed by atoms with Gasteiger partial charge in [-0.15, -0.1) is 0 Å². The Labute approximate surface area is 275 Å². The van der Waals surface area contributed by atoms with E-state index in [9.17, 15) is 45.6 Å². The molecule has 0 aromatic rings. The van der Waals surface area contributed by atoms with Crippen LogP contribution in [0.15, 0.2) is 12.2 Å². The first-order chi connectivity index (χ1) is 22.0. The van der Waals surface area contributed by atoms with Crippen molar-refractivity contribution in [3.05, 3.63) is 12.2 Å². The van der Waals surface area contributed by atoms with Crippen molar-refractivity contribution in [1.82, 2.24) is 0 Å². The van der Waals surface area contributed by atoms with E-state index < -0.39 is 103 Å². The number of fused-ring (bicyclic) bond motifs is 5. The maximum atomic E-state index is 14.3. The average molecular weight is 671 g/mol. The van der Waals surface area contributed by atoms with E-state index in [2.05, 4.69) is 32.9 Å². The molecule has 6 rings (SSSR count). The van der Waals surface area contributed by atoms with Crippen molar-refractivity contribution in [3.8, 4) is 0 Å². The summed E-state index contributed by atoms with van der Waals surface area (Å²) in [5.41, 5.74) is -1.80. The highest BCUT2D eigenvalue weighted by molar-refractivity contribution is 5.86. The van der Waals surface area contributed by atoms with Gasteiger partial charge in [0.05, 0.1) is 19.3 Å². The molecule has 3 unspecified atom stereocenters. The van der Waals surface area contributed by atoms with Crippen LogP contribution in [-0.4, -0.2) is 133 Å². The normalized spacial score (nSPS) is 55.7. The molecule has 13 nitrogen and oxygen atoms in total. The molecule has 2 aliphatic heterocycles. The molecule has 0 aromatic carbocycles. The van der Waals surface area contributed by atoms with Crippen LogP contribution in [0.1, 0.15) is 66.7 Å². The SMILES string of the molecule is CC1(C)C2C[C@H](O)[C@]3(C)C(CCC4C=CC[C@]43C)[C@@]2(C)CC(=O)[C@@H]1O[C@@H]1O[C@H](CO)[C@@H](O)[C@H](O)[C@H]1O[C@@H]1O[C@H](CO)[C@@H](O)[C@H](O)[C@H]1O. The van der Waals surface area contributed by atoms with Crippen LogP contribution < -0.4 is 0 Å². The fraction of sp³-hybridized carbons (Fsp3) is 0.912. The van der Waals surface area contributed by atoms with Crippen LogP contribution in [-0.2, 0) is 23.7 Å². The molecule has 3 saturated carbocycles. The zero-order chi connectivity index (χ0) is 34.4. The number of Topliss-reactive ketones (excluding diaryl/α,β-unsaturated/α-hetero) is 1. The lowest BCUT2D eigenvalue weighted by atomic mass is 9.35. The van der Waals surface area contributed by atoms with E-state index in [4.69, 9.17) is 18.9 Å². The smallest absolute Gasteiger partial charge is 0.187 e. The van der Waals surface area contributed by atoms with Gasteiger partial charge in [0.2, 0.25) is 0 Å². The molecule has 0 aromatic heterocycles. The third kappa shape index (κ3) is 5.14. The van der Waals surface area contributed by atoms with E-state index in [0.29, 0.717) is 12.3 Å². The Hall–Kier alpha value is -1.07. The molecule has 0 amide bonds. The zero-order valence-corrected chi connectivity index (χ0v) is 27.9. The number of rotatable bonds is 6. The van der Waals surface area contributed by atoms with E-state index >= 15 is 0 Å². The van der Waals surface area contributed by atoms with E-state index in [1.165, 1.54) is 0 Å². The molecule has 13 heteroatoms. The quantitative estimate of drug-likeness (QED) is 0.131. The molecular formula is C34H54O13. The molecule has 5 fully saturated rings. The fourth-order valence-corrected chi connectivity index (χ4v) is 11.0. The van der Waals surface area contributed by atoms with Gasteiger partial charge in [-0.1, -0.05) is 46.8 Å². The largest absolute Gasteiger partial charge is 0.394 e. The maximum Gasteiger partial charge on any atom is 0.187 e.